The first-order valence-corrected chi connectivity index (χ1v) is 8.70. The fourth-order valence-electron chi connectivity index (χ4n) is 2.95. The number of aryl methyl sites for hydroxylation is 2. The van der Waals surface area contributed by atoms with E-state index in [-0.39, 0.29) is 5.97 Å². The van der Waals surface area contributed by atoms with E-state index in [9.17, 15) is 9.59 Å². The molecule has 1 amide bonds. The minimum atomic E-state index is -0.584. The molecule has 0 atom stereocenters. The number of pyridine rings is 1. The Hall–Kier alpha value is -2.89. The van der Waals surface area contributed by atoms with E-state index in [0.29, 0.717) is 11.4 Å². The molecule has 144 valence electrons. The minimum Gasteiger partial charge on any atom is -0.465 e. The number of methoxy groups -OCH3 is 1. The van der Waals surface area contributed by atoms with E-state index in [2.05, 4.69) is 10.3 Å². The van der Waals surface area contributed by atoms with Gasteiger partial charge in [-0.15, -0.1) is 0 Å². The maximum Gasteiger partial charge on any atom is 0.413 e. The molecule has 1 N–H and O–H groups in total. The Morgan fingerprint density at radius 2 is 1.78 bits per heavy atom. The molecule has 27 heavy (non-hydrogen) atoms. The van der Waals surface area contributed by atoms with Crippen LogP contribution in [0.1, 0.15) is 48.0 Å². The number of amides is 1. The number of anilines is 1. The second-order valence-corrected chi connectivity index (χ2v) is 7.38. The Balaban J connectivity index is 2.41. The summed E-state index contributed by atoms with van der Waals surface area (Å²) < 4.78 is 10.1. The summed E-state index contributed by atoms with van der Waals surface area (Å²) in [6.07, 6.45) is -0.551. The van der Waals surface area contributed by atoms with Crippen LogP contribution in [0.15, 0.2) is 24.3 Å². The topological polar surface area (TPSA) is 77.5 Å². The molecule has 0 saturated heterocycles. The Labute approximate surface area is 159 Å². The van der Waals surface area contributed by atoms with E-state index in [1.807, 2.05) is 32.9 Å². The van der Waals surface area contributed by atoms with Crippen LogP contribution in [0.4, 0.5) is 10.6 Å². The third-order valence-electron chi connectivity index (χ3n) is 4.03. The molecule has 1 aromatic carbocycles. The number of rotatable bonds is 3. The summed E-state index contributed by atoms with van der Waals surface area (Å²) in [5.74, 6) is 0.0469. The van der Waals surface area contributed by atoms with Crippen molar-refractivity contribution in [1.29, 1.82) is 0 Å². The monoisotopic (exact) mass is 370 g/mol. The summed E-state index contributed by atoms with van der Waals surface area (Å²) >= 11 is 0. The van der Waals surface area contributed by atoms with E-state index in [4.69, 9.17) is 9.47 Å². The third-order valence-corrected chi connectivity index (χ3v) is 4.03. The van der Waals surface area contributed by atoms with Crippen LogP contribution in [-0.2, 0) is 9.47 Å². The predicted octanol–water partition coefficient (Wildman–Crippen LogP) is 4.81. The highest BCUT2D eigenvalue weighted by Crippen LogP contribution is 2.32. The Morgan fingerprint density at radius 3 is 2.33 bits per heavy atom. The first kappa shape index (κ1) is 20.4. The summed E-state index contributed by atoms with van der Waals surface area (Å²) in [5, 5.41) is 2.67. The van der Waals surface area contributed by atoms with Gasteiger partial charge in [-0.3, -0.25) is 5.32 Å². The molecule has 2 rings (SSSR count). The Kier molecular flexibility index (Phi) is 5.88. The van der Waals surface area contributed by atoms with Crippen LogP contribution in [0, 0.1) is 20.8 Å². The maximum absolute atomic E-state index is 12.0. The number of aromatic nitrogens is 1. The fraction of sp³-hybridized carbons (Fsp3) is 0.381. The van der Waals surface area contributed by atoms with Crippen molar-refractivity contribution in [2.45, 2.75) is 47.1 Å². The number of carbonyl (C=O) groups excluding carboxylic acids is 2. The zero-order valence-corrected chi connectivity index (χ0v) is 16.9. The Morgan fingerprint density at radius 1 is 1.11 bits per heavy atom. The van der Waals surface area contributed by atoms with Gasteiger partial charge in [0.1, 0.15) is 11.4 Å². The van der Waals surface area contributed by atoms with Gasteiger partial charge in [-0.05, 0) is 70.4 Å². The number of nitrogens with zero attached hydrogens (tertiary/aromatic N) is 1. The highest BCUT2D eigenvalue weighted by atomic mass is 16.6. The van der Waals surface area contributed by atoms with Crippen LogP contribution >= 0.6 is 0 Å². The van der Waals surface area contributed by atoms with Gasteiger partial charge < -0.3 is 9.47 Å². The minimum absolute atomic E-state index is 0.374. The van der Waals surface area contributed by atoms with E-state index in [0.717, 1.165) is 27.9 Å². The van der Waals surface area contributed by atoms with Gasteiger partial charge in [0.15, 0.2) is 0 Å². The molecule has 0 aliphatic carbocycles. The standard InChI is InChI=1S/C21H26N2O4/c1-12-11-17(23-20(25)27-21(4,5)6)22-14(3)18(12)15-9-8-10-16(13(15)2)19(24)26-7/h8-11H,1-7H3,(H,22,23,25). The Bertz CT molecular complexity index is 859. The summed E-state index contributed by atoms with van der Waals surface area (Å²) in [5.41, 5.74) is 4.26. The van der Waals surface area contributed by atoms with Gasteiger partial charge in [0, 0.05) is 11.3 Å². The zero-order chi connectivity index (χ0) is 20.4. The SMILES string of the molecule is COC(=O)c1cccc(-c2c(C)cc(NC(=O)OC(C)(C)C)nc2C)c1C. The van der Waals surface area contributed by atoms with Crippen molar-refractivity contribution < 1.29 is 19.1 Å². The second-order valence-electron chi connectivity index (χ2n) is 7.38. The molecule has 6 nitrogen and oxygen atoms in total. The van der Waals surface area contributed by atoms with Crippen molar-refractivity contribution in [2.75, 3.05) is 12.4 Å². The van der Waals surface area contributed by atoms with Gasteiger partial charge in [0.05, 0.1) is 12.7 Å². The lowest BCUT2D eigenvalue weighted by molar-refractivity contribution is 0.0597. The van der Waals surface area contributed by atoms with Crippen LogP contribution in [0.3, 0.4) is 0 Å². The van der Waals surface area contributed by atoms with Crippen LogP contribution in [-0.4, -0.2) is 29.8 Å². The van der Waals surface area contributed by atoms with Crippen LogP contribution in [0.5, 0.6) is 0 Å². The van der Waals surface area contributed by atoms with E-state index in [1.165, 1.54) is 7.11 Å². The average Bonchev–Trinajstić information content (AvgIpc) is 2.53. The molecule has 0 aliphatic rings. The van der Waals surface area contributed by atoms with E-state index in [1.54, 1.807) is 32.9 Å². The first-order valence-electron chi connectivity index (χ1n) is 8.70. The van der Waals surface area contributed by atoms with Gasteiger partial charge in [-0.25, -0.2) is 14.6 Å². The number of carbonyl (C=O) groups is 2. The molecule has 6 heteroatoms. The van der Waals surface area contributed by atoms with Crippen molar-refractivity contribution in [2.24, 2.45) is 0 Å². The van der Waals surface area contributed by atoms with Gasteiger partial charge in [0.2, 0.25) is 0 Å². The van der Waals surface area contributed by atoms with Crippen molar-refractivity contribution in [3.05, 3.63) is 46.6 Å². The summed E-state index contributed by atoms with van der Waals surface area (Å²) in [6.45, 7) is 11.1. The van der Waals surface area contributed by atoms with Crippen LogP contribution < -0.4 is 5.32 Å². The number of ether oxygens (including phenoxy) is 2. The lowest BCUT2D eigenvalue weighted by Gasteiger charge is -2.20. The molecule has 1 aromatic heterocycles. The van der Waals surface area contributed by atoms with Gasteiger partial charge in [-0.2, -0.15) is 0 Å². The second kappa shape index (κ2) is 7.78. The first-order chi connectivity index (χ1) is 12.5. The zero-order valence-electron chi connectivity index (χ0n) is 16.9. The molecule has 2 aromatic rings. The van der Waals surface area contributed by atoms with E-state index >= 15 is 0 Å². The normalized spacial score (nSPS) is 11.1. The molecule has 0 fully saturated rings. The molecule has 0 bridgehead atoms. The number of esters is 1. The lowest BCUT2D eigenvalue weighted by atomic mass is 9.93. The highest BCUT2D eigenvalue weighted by molar-refractivity contribution is 5.94. The molecule has 0 spiro atoms. The van der Waals surface area contributed by atoms with Gasteiger partial charge in [-0.1, -0.05) is 12.1 Å². The highest BCUT2D eigenvalue weighted by Gasteiger charge is 2.19. The van der Waals surface area contributed by atoms with Crippen LogP contribution in [0.2, 0.25) is 0 Å². The summed E-state index contributed by atoms with van der Waals surface area (Å²) in [7, 11) is 1.36. The summed E-state index contributed by atoms with van der Waals surface area (Å²) in [4.78, 5) is 28.5. The molecule has 1 heterocycles. The van der Waals surface area contributed by atoms with Gasteiger partial charge >= 0.3 is 12.1 Å². The third kappa shape index (κ3) is 4.84. The quantitative estimate of drug-likeness (QED) is 0.785. The van der Waals surface area contributed by atoms with Crippen molar-refractivity contribution in [3.63, 3.8) is 0 Å². The largest absolute Gasteiger partial charge is 0.465 e. The molecule has 0 unspecified atom stereocenters. The fourth-order valence-corrected chi connectivity index (χ4v) is 2.95. The van der Waals surface area contributed by atoms with Crippen molar-refractivity contribution in [1.82, 2.24) is 4.98 Å². The lowest BCUT2D eigenvalue weighted by Crippen LogP contribution is -2.27. The average molecular weight is 370 g/mol. The molecule has 0 saturated carbocycles. The smallest absolute Gasteiger partial charge is 0.413 e. The summed E-state index contributed by atoms with van der Waals surface area (Å²) in [6, 6.07) is 7.29. The number of nitrogens with one attached hydrogen (secondary N) is 1. The number of hydrogen-bond donors (Lipinski definition) is 1. The molecule has 0 radical (unpaired) electrons. The van der Waals surface area contributed by atoms with Gasteiger partial charge in [0.25, 0.3) is 0 Å². The van der Waals surface area contributed by atoms with Crippen molar-refractivity contribution >= 4 is 17.9 Å². The number of hydrogen-bond acceptors (Lipinski definition) is 5. The van der Waals surface area contributed by atoms with E-state index < -0.39 is 11.7 Å². The molecular weight excluding hydrogens is 344 g/mol. The molecule has 0 aliphatic heterocycles. The number of benzene rings is 1. The predicted molar refractivity (Wildman–Crippen MR) is 105 cm³/mol. The van der Waals surface area contributed by atoms with Crippen LogP contribution in [0.25, 0.3) is 11.1 Å². The van der Waals surface area contributed by atoms with Crippen molar-refractivity contribution in [3.8, 4) is 11.1 Å². The molecular formula is C21H26N2O4. The maximum atomic E-state index is 12.0.